The molecule has 30 valence electrons. The predicted octanol–water partition coefficient (Wildman–Crippen LogP) is -0.865. The second kappa shape index (κ2) is 0.954. The van der Waals surface area contributed by atoms with Crippen molar-refractivity contribution in [3.8, 4) is 0 Å². The van der Waals surface area contributed by atoms with Crippen molar-refractivity contribution in [2.24, 2.45) is 0 Å². The van der Waals surface area contributed by atoms with Gasteiger partial charge >= 0.3 is 0 Å². The van der Waals surface area contributed by atoms with E-state index >= 15 is 0 Å². The largest absolute Gasteiger partial charge is 0.304 e. The Morgan fingerprint density at radius 1 is 2.00 bits per heavy atom. The van der Waals surface area contributed by atoms with Crippen LogP contribution in [0, 0.1) is 0 Å². The summed E-state index contributed by atoms with van der Waals surface area (Å²) >= 11 is 0. The van der Waals surface area contributed by atoms with Gasteiger partial charge in [-0.2, -0.15) is 0 Å². The number of nitrogens with one attached hydrogen (secondary N) is 2. The van der Waals surface area contributed by atoms with Gasteiger partial charge in [-0.1, -0.05) is 0 Å². The van der Waals surface area contributed by atoms with E-state index in [4.69, 9.17) is 0 Å². The van der Waals surface area contributed by atoms with Crippen LogP contribution in [0.2, 0.25) is 0 Å². The Morgan fingerprint density at radius 2 is 2.60 bits per heavy atom. The second-order valence-corrected chi connectivity index (χ2v) is 1.25. The fourth-order valence-electron chi connectivity index (χ4n) is 0.263. The van der Waals surface area contributed by atoms with Crippen LogP contribution in [0.4, 0.5) is 0 Å². The average molecular weight is 72.1 g/mol. The van der Waals surface area contributed by atoms with Crippen molar-refractivity contribution >= 4 is 0 Å². The topological polar surface area (TPSA) is 34.0 Å². The Labute approximate surface area is 31.6 Å². The van der Waals surface area contributed by atoms with E-state index in [-0.39, 0.29) is 0 Å². The van der Waals surface area contributed by atoms with Gasteiger partial charge in [0.05, 0.1) is 6.17 Å². The van der Waals surface area contributed by atoms with Crippen LogP contribution in [-0.4, -0.2) is 19.8 Å². The molecule has 1 atom stereocenters. The van der Waals surface area contributed by atoms with Crippen molar-refractivity contribution in [2.45, 2.75) is 6.17 Å². The highest BCUT2D eigenvalue weighted by Crippen LogP contribution is 1.84. The Hall–Kier alpha value is -0.0800. The summed E-state index contributed by atoms with van der Waals surface area (Å²) < 4.78 is 0. The Balaban J connectivity index is 2.00. The third-order valence-electron chi connectivity index (χ3n) is 0.757. The van der Waals surface area contributed by atoms with E-state index in [2.05, 4.69) is 10.6 Å². The smallest absolute Gasteiger partial charge is 0.0699 e. The highest BCUT2D eigenvalue weighted by Gasteiger charge is 2.15. The number of rotatable bonds is 1. The summed E-state index contributed by atoms with van der Waals surface area (Å²) in [5, 5.41) is 6.10. The van der Waals surface area contributed by atoms with Crippen LogP contribution < -0.4 is 10.6 Å². The lowest BCUT2D eigenvalue weighted by molar-refractivity contribution is 0.794. The summed E-state index contributed by atoms with van der Waals surface area (Å²) in [5.41, 5.74) is 0. The maximum Gasteiger partial charge on any atom is 0.0699 e. The van der Waals surface area contributed by atoms with Gasteiger partial charge in [-0.05, 0) is 7.05 Å². The van der Waals surface area contributed by atoms with Crippen molar-refractivity contribution in [3.63, 3.8) is 0 Å². The van der Waals surface area contributed by atoms with E-state index in [0.717, 1.165) is 6.54 Å². The molecule has 0 amide bonds. The molecule has 0 radical (unpaired) electrons. The van der Waals surface area contributed by atoms with Crippen LogP contribution in [0.3, 0.4) is 0 Å². The first kappa shape index (κ1) is 3.12. The van der Waals surface area contributed by atoms with E-state index in [9.17, 15) is 0 Å². The maximum atomic E-state index is 3.07. The molecule has 1 aliphatic heterocycles. The zero-order valence-corrected chi connectivity index (χ0v) is 3.28. The fourth-order valence-corrected chi connectivity index (χ4v) is 0.263. The van der Waals surface area contributed by atoms with Crippen LogP contribution in [0.5, 0.6) is 0 Å². The third-order valence-corrected chi connectivity index (χ3v) is 0.757. The van der Waals surface area contributed by atoms with E-state index in [1.807, 2.05) is 7.05 Å². The Bertz CT molecular complexity index is 31.9. The molecule has 0 bridgehead atoms. The van der Waals surface area contributed by atoms with Crippen molar-refractivity contribution in [3.05, 3.63) is 0 Å². The van der Waals surface area contributed by atoms with Crippen molar-refractivity contribution in [1.82, 2.24) is 10.6 Å². The van der Waals surface area contributed by atoms with Crippen LogP contribution >= 0.6 is 0 Å². The van der Waals surface area contributed by atoms with Crippen molar-refractivity contribution < 1.29 is 0 Å². The molecule has 1 aliphatic rings. The zero-order chi connectivity index (χ0) is 3.70. The molecule has 1 rings (SSSR count). The second-order valence-electron chi connectivity index (χ2n) is 1.25. The standard InChI is InChI=1S/C3H8N2/c1-4-3-2-5-3/h3-5H,2H2,1H3/t3-/m0/s1. The SMILES string of the molecule is CN[C@@H]1CN1. The van der Waals surface area contributed by atoms with Crippen LogP contribution in [-0.2, 0) is 0 Å². The van der Waals surface area contributed by atoms with E-state index in [0.29, 0.717) is 6.17 Å². The summed E-state index contributed by atoms with van der Waals surface area (Å²) in [6.07, 6.45) is 0.634. The van der Waals surface area contributed by atoms with Gasteiger partial charge in [0.1, 0.15) is 0 Å². The normalized spacial score (nSPS) is 34.2. The molecular formula is C3H8N2. The van der Waals surface area contributed by atoms with Gasteiger partial charge in [0, 0.05) is 6.54 Å². The molecule has 5 heavy (non-hydrogen) atoms. The van der Waals surface area contributed by atoms with Gasteiger partial charge in [0.2, 0.25) is 0 Å². The first-order valence-electron chi connectivity index (χ1n) is 1.84. The number of hydrogen-bond donors (Lipinski definition) is 2. The minimum Gasteiger partial charge on any atom is -0.304 e. The third kappa shape index (κ3) is 0.597. The molecule has 1 saturated heterocycles. The van der Waals surface area contributed by atoms with Gasteiger partial charge in [0.15, 0.2) is 0 Å². The van der Waals surface area contributed by atoms with Crippen LogP contribution in [0.15, 0.2) is 0 Å². The zero-order valence-electron chi connectivity index (χ0n) is 3.28. The Morgan fingerprint density at radius 3 is 2.60 bits per heavy atom. The van der Waals surface area contributed by atoms with Crippen LogP contribution in [0.25, 0.3) is 0 Å². The minimum absolute atomic E-state index is 0.634. The van der Waals surface area contributed by atoms with Gasteiger partial charge in [-0.25, -0.2) is 0 Å². The summed E-state index contributed by atoms with van der Waals surface area (Å²) in [6.45, 7) is 1.15. The molecule has 0 aromatic rings. The molecule has 0 unspecified atom stereocenters. The highest BCUT2D eigenvalue weighted by atomic mass is 15.2. The lowest BCUT2D eigenvalue weighted by Crippen LogP contribution is -2.12. The Kier molecular flexibility index (Phi) is 0.596. The van der Waals surface area contributed by atoms with Gasteiger partial charge < -0.3 is 5.32 Å². The lowest BCUT2D eigenvalue weighted by Gasteiger charge is -1.79. The molecule has 2 heteroatoms. The van der Waals surface area contributed by atoms with E-state index in [1.54, 1.807) is 0 Å². The van der Waals surface area contributed by atoms with E-state index < -0.39 is 0 Å². The molecular weight excluding hydrogens is 64.0 g/mol. The first-order chi connectivity index (χ1) is 2.43. The summed E-state index contributed by atoms with van der Waals surface area (Å²) in [4.78, 5) is 0. The fraction of sp³-hybridized carbons (Fsp3) is 1.00. The molecule has 2 nitrogen and oxygen atoms in total. The first-order valence-corrected chi connectivity index (χ1v) is 1.84. The summed E-state index contributed by atoms with van der Waals surface area (Å²) in [6, 6.07) is 0. The number of hydrogen-bond acceptors (Lipinski definition) is 2. The van der Waals surface area contributed by atoms with E-state index in [1.165, 1.54) is 0 Å². The van der Waals surface area contributed by atoms with Crippen molar-refractivity contribution in [2.75, 3.05) is 13.6 Å². The molecule has 0 aromatic heterocycles. The van der Waals surface area contributed by atoms with Gasteiger partial charge in [0.25, 0.3) is 0 Å². The van der Waals surface area contributed by atoms with Gasteiger partial charge in [-0.3, -0.25) is 5.32 Å². The van der Waals surface area contributed by atoms with Gasteiger partial charge in [-0.15, -0.1) is 0 Å². The predicted molar refractivity (Wildman–Crippen MR) is 20.9 cm³/mol. The quantitative estimate of drug-likeness (QED) is 0.395. The van der Waals surface area contributed by atoms with Crippen LogP contribution in [0.1, 0.15) is 0 Å². The number of likely N-dealkylation sites (N-methyl/N-ethyl adjacent to an activating group) is 1. The summed E-state index contributed by atoms with van der Waals surface area (Å²) in [7, 11) is 1.95. The maximum absolute atomic E-state index is 3.07. The summed E-state index contributed by atoms with van der Waals surface area (Å²) in [5.74, 6) is 0. The minimum atomic E-state index is 0.634. The molecule has 0 aliphatic carbocycles. The molecule has 1 fully saturated rings. The molecule has 0 aromatic carbocycles. The molecule has 0 saturated carbocycles. The highest BCUT2D eigenvalue weighted by molar-refractivity contribution is 4.77. The lowest BCUT2D eigenvalue weighted by atomic mass is 10.8. The molecule has 0 spiro atoms. The molecule has 2 N–H and O–H groups in total. The average Bonchev–Trinajstić information content (AvgIpc) is 2.12. The van der Waals surface area contributed by atoms with Crippen molar-refractivity contribution in [1.29, 1.82) is 0 Å². The molecule has 1 heterocycles. The monoisotopic (exact) mass is 72.1 g/mol.